The molecule has 1 amide bonds. The van der Waals surface area contributed by atoms with Crippen LogP contribution < -0.4 is 10.6 Å². The normalized spacial score (nSPS) is 23.3. The van der Waals surface area contributed by atoms with Gasteiger partial charge in [-0.3, -0.25) is 9.48 Å². The van der Waals surface area contributed by atoms with E-state index in [0.717, 1.165) is 25.1 Å². The first kappa shape index (κ1) is 15.0. The van der Waals surface area contributed by atoms with Crippen LogP contribution in [-0.2, 0) is 7.05 Å². The van der Waals surface area contributed by atoms with Gasteiger partial charge in [0.1, 0.15) is 0 Å². The van der Waals surface area contributed by atoms with Crippen molar-refractivity contribution in [2.45, 2.75) is 38.8 Å². The molecular weight excluding hydrogens is 252 g/mol. The van der Waals surface area contributed by atoms with Crippen molar-refractivity contribution >= 4 is 18.3 Å². The van der Waals surface area contributed by atoms with Gasteiger partial charge in [0, 0.05) is 25.3 Å². The number of halogens is 1. The summed E-state index contributed by atoms with van der Waals surface area (Å²) in [5.41, 5.74) is 1.45. The zero-order chi connectivity index (χ0) is 12.4. The van der Waals surface area contributed by atoms with Gasteiger partial charge in [0.05, 0.1) is 11.3 Å². The van der Waals surface area contributed by atoms with Crippen LogP contribution in [0.25, 0.3) is 0 Å². The fourth-order valence-electron chi connectivity index (χ4n) is 2.31. The highest BCUT2D eigenvalue weighted by molar-refractivity contribution is 5.95. The van der Waals surface area contributed by atoms with Gasteiger partial charge in [-0.1, -0.05) is 0 Å². The molecule has 2 atom stereocenters. The minimum Gasteiger partial charge on any atom is -0.348 e. The van der Waals surface area contributed by atoms with Crippen molar-refractivity contribution in [3.05, 3.63) is 17.5 Å². The number of piperidine rings is 1. The molecule has 1 aromatic rings. The topological polar surface area (TPSA) is 59.0 Å². The summed E-state index contributed by atoms with van der Waals surface area (Å²) in [5.74, 6) is -0.0175. The molecular formula is C12H21ClN4O. The highest BCUT2D eigenvalue weighted by Gasteiger charge is 2.23. The fourth-order valence-corrected chi connectivity index (χ4v) is 2.31. The lowest BCUT2D eigenvalue weighted by Gasteiger charge is -2.30. The van der Waals surface area contributed by atoms with E-state index < -0.39 is 0 Å². The van der Waals surface area contributed by atoms with Crippen LogP contribution in [0.4, 0.5) is 0 Å². The van der Waals surface area contributed by atoms with Crippen LogP contribution in [0.15, 0.2) is 6.20 Å². The molecule has 5 nitrogen and oxygen atoms in total. The van der Waals surface area contributed by atoms with E-state index in [0.29, 0.717) is 11.6 Å². The molecule has 18 heavy (non-hydrogen) atoms. The highest BCUT2D eigenvalue weighted by atomic mass is 35.5. The Morgan fingerprint density at radius 2 is 2.33 bits per heavy atom. The minimum absolute atomic E-state index is 0. The third kappa shape index (κ3) is 3.23. The Morgan fingerprint density at radius 1 is 1.61 bits per heavy atom. The van der Waals surface area contributed by atoms with E-state index in [1.54, 1.807) is 10.9 Å². The van der Waals surface area contributed by atoms with Crippen molar-refractivity contribution < 1.29 is 4.79 Å². The number of rotatable bonds is 2. The fraction of sp³-hybridized carbons (Fsp3) is 0.667. The zero-order valence-electron chi connectivity index (χ0n) is 11.1. The summed E-state index contributed by atoms with van der Waals surface area (Å²) in [5, 5.41) is 10.6. The number of carbonyl (C=O) groups excluding carboxylic acids is 1. The van der Waals surface area contributed by atoms with Gasteiger partial charge in [0.2, 0.25) is 0 Å². The van der Waals surface area contributed by atoms with Crippen molar-refractivity contribution in [1.29, 1.82) is 0 Å². The van der Waals surface area contributed by atoms with Gasteiger partial charge in [-0.25, -0.2) is 0 Å². The maximum absolute atomic E-state index is 12.1. The zero-order valence-corrected chi connectivity index (χ0v) is 11.9. The van der Waals surface area contributed by atoms with E-state index in [9.17, 15) is 4.79 Å². The molecule has 0 bridgehead atoms. The summed E-state index contributed by atoms with van der Waals surface area (Å²) in [6, 6.07) is 0.556. The average Bonchev–Trinajstić information content (AvgIpc) is 2.61. The second kappa shape index (κ2) is 6.20. The van der Waals surface area contributed by atoms with Crippen LogP contribution >= 0.6 is 12.4 Å². The minimum atomic E-state index is -0.0175. The second-order valence-electron chi connectivity index (χ2n) is 4.77. The van der Waals surface area contributed by atoms with Gasteiger partial charge in [-0.15, -0.1) is 12.4 Å². The van der Waals surface area contributed by atoms with Gasteiger partial charge in [-0.05, 0) is 33.2 Å². The molecule has 0 aromatic carbocycles. The molecule has 2 heterocycles. The number of aryl methyl sites for hydroxylation is 2. The maximum Gasteiger partial charge on any atom is 0.255 e. The van der Waals surface area contributed by atoms with Gasteiger partial charge in [0.25, 0.3) is 5.91 Å². The van der Waals surface area contributed by atoms with Crippen LogP contribution in [0.1, 0.15) is 35.8 Å². The summed E-state index contributed by atoms with van der Waals surface area (Å²) < 4.78 is 1.67. The first-order valence-electron chi connectivity index (χ1n) is 6.12. The summed E-state index contributed by atoms with van der Waals surface area (Å²) in [4.78, 5) is 12.1. The molecule has 1 fully saturated rings. The molecule has 0 aliphatic carbocycles. The first-order valence-corrected chi connectivity index (χ1v) is 6.12. The summed E-state index contributed by atoms with van der Waals surface area (Å²) >= 11 is 0. The Bertz CT molecular complexity index is 418. The number of hydrogen-bond acceptors (Lipinski definition) is 3. The van der Waals surface area contributed by atoms with E-state index in [2.05, 4.69) is 22.7 Å². The largest absolute Gasteiger partial charge is 0.348 e. The first-order chi connectivity index (χ1) is 8.08. The second-order valence-corrected chi connectivity index (χ2v) is 4.77. The van der Waals surface area contributed by atoms with E-state index in [-0.39, 0.29) is 24.4 Å². The van der Waals surface area contributed by atoms with Gasteiger partial charge < -0.3 is 10.6 Å². The van der Waals surface area contributed by atoms with Crippen molar-refractivity contribution in [3.63, 3.8) is 0 Å². The Balaban J connectivity index is 0.00000162. The molecule has 0 radical (unpaired) electrons. The average molecular weight is 273 g/mol. The summed E-state index contributed by atoms with van der Waals surface area (Å²) in [6.45, 7) is 5.01. The monoisotopic (exact) mass is 272 g/mol. The lowest BCUT2D eigenvalue weighted by molar-refractivity contribution is 0.0919. The smallest absolute Gasteiger partial charge is 0.255 e. The van der Waals surface area contributed by atoms with Gasteiger partial charge in [0.15, 0.2) is 0 Å². The Morgan fingerprint density at radius 3 is 2.89 bits per heavy atom. The van der Waals surface area contributed by atoms with Crippen LogP contribution in [0.2, 0.25) is 0 Å². The number of amides is 1. The van der Waals surface area contributed by atoms with Crippen molar-refractivity contribution in [3.8, 4) is 0 Å². The van der Waals surface area contributed by atoms with E-state index in [1.807, 2.05) is 14.0 Å². The third-order valence-electron chi connectivity index (χ3n) is 3.34. The summed E-state index contributed by atoms with van der Waals surface area (Å²) in [6.07, 6.45) is 3.92. The Kier molecular flexibility index (Phi) is 5.16. The van der Waals surface area contributed by atoms with Crippen molar-refractivity contribution in [2.24, 2.45) is 7.05 Å². The maximum atomic E-state index is 12.1. The lowest BCUT2D eigenvalue weighted by Crippen LogP contribution is -2.51. The van der Waals surface area contributed by atoms with Crippen molar-refractivity contribution in [1.82, 2.24) is 20.4 Å². The van der Waals surface area contributed by atoms with E-state index in [4.69, 9.17) is 0 Å². The molecule has 2 N–H and O–H groups in total. The molecule has 1 aliphatic heterocycles. The Hall–Kier alpha value is -1.07. The van der Waals surface area contributed by atoms with Gasteiger partial charge >= 0.3 is 0 Å². The lowest BCUT2D eigenvalue weighted by atomic mass is 9.99. The van der Waals surface area contributed by atoms with E-state index >= 15 is 0 Å². The van der Waals surface area contributed by atoms with Crippen LogP contribution in [0.3, 0.4) is 0 Å². The van der Waals surface area contributed by atoms with Crippen molar-refractivity contribution in [2.75, 3.05) is 6.54 Å². The van der Waals surface area contributed by atoms with Crippen LogP contribution in [0.5, 0.6) is 0 Å². The highest BCUT2D eigenvalue weighted by Crippen LogP contribution is 2.11. The number of carbonyl (C=O) groups is 1. The molecule has 1 aliphatic rings. The number of aromatic nitrogens is 2. The Labute approximate surface area is 114 Å². The molecule has 6 heteroatoms. The SMILES string of the molecule is Cc1nn(C)cc1C(=O)NC1CCCNC1C.Cl. The molecule has 1 aromatic heterocycles. The quantitative estimate of drug-likeness (QED) is 0.845. The standard InChI is InChI=1S/C12H20N4O.ClH/c1-8-10(7-16(3)15-8)12(17)14-11-5-4-6-13-9(11)2;/h7,9,11,13H,4-6H2,1-3H3,(H,14,17);1H. The molecule has 102 valence electrons. The van der Waals surface area contributed by atoms with E-state index in [1.165, 1.54) is 0 Å². The third-order valence-corrected chi connectivity index (χ3v) is 3.34. The van der Waals surface area contributed by atoms with Crippen LogP contribution in [-0.4, -0.2) is 34.3 Å². The number of hydrogen-bond donors (Lipinski definition) is 2. The van der Waals surface area contributed by atoms with Crippen LogP contribution in [0, 0.1) is 6.92 Å². The molecule has 0 spiro atoms. The molecule has 1 saturated heterocycles. The number of nitrogens with one attached hydrogen (secondary N) is 2. The predicted octanol–water partition coefficient (Wildman–Crippen LogP) is 1.02. The molecule has 2 rings (SSSR count). The number of nitrogens with zero attached hydrogens (tertiary/aromatic N) is 2. The molecule has 0 saturated carbocycles. The predicted molar refractivity (Wildman–Crippen MR) is 73.1 cm³/mol. The summed E-state index contributed by atoms with van der Waals surface area (Å²) in [7, 11) is 1.83. The van der Waals surface area contributed by atoms with Gasteiger partial charge in [-0.2, -0.15) is 5.10 Å². The molecule has 2 unspecified atom stereocenters.